The molecule has 0 spiro atoms. The van der Waals surface area contributed by atoms with Crippen molar-refractivity contribution in [3.8, 4) is 0 Å². The molecule has 1 heterocycles. The molecule has 0 aromatic rings. The van der Waals surface area contributed by atoms with Crippen LogP contribution in [-0.2, 0) is 9.53 Å². The molecule has 2 aliphatic rings. The summed E-state index contributed by atoms with van der Waals surface area (Å²) in [4.78, 5) is 24.1. The van der Waals surface area contributed by atoms with Crippen LogP contribution in [0.3, 0.4) is 0 Å². The first-order valence-corrected chi connectivity index (χ1v) is 5.74. The van der Waals surface area contributed by atoms with Crippen molar-refractivity contribution in [2.45, 2.75) is 50.7 Å². The molecule has 1 amide bonds. The summed E-state index contributed by atoms with van der Waals surface area (Å²) < 4.78 is 5.36. The molecular formula is C11H17NO4. The fourth-order valence-electron chi connectivity index (χ4n) is 2.29. The minimum absolute atomic E-state index is 0.358. The zero-order valence-corrected chi connectivity index (χ0v) is 9.44. The van der Waals surface area contributed by atoms with E-state index in [4.69, 9.17) is 9.84 Å². The second-order valence-corrected chi connectivity index (χ2v) is 4.86. The first kappa shape index (κ1) is 11.2. The predicted octanol–water partition coefficient (Wildman–Crippen LogP) is 1.61. The van der Waals surface area contributed by atoms with Crippen LogP contribution >= 0.6 is 0 Å². The Morgan fingerprint density at radius 1 is 1.38 bits per heavy atom. The van der Waals surface area contributed by atoms with Crippen molar-refractivity contribution in [2.75, 3.05) is 6.54 Å². The van der Waals surface area contributed by atoms with E-state index in [2.05, 4.69) is 0 Å². The van der Waals surface area contributed by atoms with E-state index in [9.17, 15) is 9.59 Å². The number of carbonyl (C=O) groups is 2. The van der Waals surface area contributed by atoms with Gasteiger partial charge in [-0.05, 0) is 39.0 Å². The molecule has 2 rings (SSSR count). The fourth-order valence-corrected chi connectivity index (χ4v) is 2.29. The van der Waals surface area contributed by atoms with Gasteiger partial charge in [-0.3, -0.25) is 4.90 Å². The van der Waals surface area contributed by atoms with E-state index in [1.54, 1.807) is 0 Å². The fraction of sp³-hybridized carbons (Fsp3) is 0.818. The highest BCUT2D eigenvalue weighted by atomic mass is 16.6. The Morgan fingerprint density at radius 3 is 2.56 bits per heavy atom. The minimum atomic E-state index is -0.937. The Morgan fingerprint density at radius 2 is 2.06 bits per heavy atom. The van der Waals surface area contributed by atoms with Crippen molar-refractivity contribution < 1.29 is 19.4 Å². The first-order chi connectivity index (χ1) is 7.52. The van der Waals surface area contributed by atoms with Crippen LogP contribution in [0.1, 0.15) is 39.0 Å². The van der Waals surface area contributed by atoms with E-state index in [1.165, 1.54) is 4.90 Å². The van der Waals surface area contributed by atoms with Gasteiger partial charge in [0, 0.05) is 6.54 Å². The molecule has 1 N–H and O–H groups in total. The maximum absolute atomic E-state index is 11.8. The Bertz CT molecular complexity index is 311. The molecule has 0 aromatic heterocycles. The maximum Gasteiger partial charge on any atom is 0.411 e. The van der Waals surface area contributed by atoms with Gasteiger partial charge in [0.05, 0.1) is 0 Å². The van der Waals surface area contributed by atoms with Crippen LogP contribution < -0.4 is 0 Å². The van der Waals surface area contributed by atoms with Crippen LogP contribution in [0.15, 0.2) is 0 Å². The van der Waals surface area contributed by atoms with Crippen LogP contribution in [0.5, 0.6) is 0 Å². The third-order valence-electron chi connectivity index (χ3n) is 3.52. The van der Waals surface area contributed by atoms with E-state index in [0.717, 1.165) is 25.7 Å². The Hall–Kier alpha value is -1.26. The van der Waals surface area contributed by atoms with Gasteiger partial charge in [0.2, 0.25) is 0 Å². The number of hydrogen-bond acceptors (Lipinski definition) is 3. The smallest absolute Gasteiger partial charge is 0.411 e. The van der Waals surface area contributed by atoms with Crippen LogP contribution in [-0.4, -0.2) is 40.3 Å². The summed E-state index contributed by atoms with van der Waals surface area (Å²) >= 11 is 0. The summed E-state index contributed by atoms with van der Waals surface area (Å²) in [6.45, 7) is 2.39. The number of aliphatic carboxylic acids is 1. The van der Waals surface area contributed by atoms with Gasteiger partial charge in [-0.1, -0.05) is 0 Å². The van der Waals surface area contributed by atoms with Crippen molar-refractivity contribution >= 4 is 12.1 Å². The monoisotopic (exact) mass is 227 g/mol. The van der Waals surface area contributed by atoms with Gasteiger partial charge in [0.25, 0.3) is 0 Å². The van der Waals surface area contributed by atoms with Crippen LogP contribution in [0.4, 0.5) is 4.79 Å². The number of rotatable bonds is 2. The molecule has 1 saturated carbocycles. The number of likely N-dealkylation sites (tertiary alicyclic amines) is 1. The van der Waals surface area contributed by atoms with Crippen molar-refractivity contribution in [3.63, 3.8) is 0 Å². The van der Waals surface area contributed by atoms with E-state index >= 15 is 0 Å². The van der Waals surface area contributed by atoms with Gasteiger partial charge in [0.15, 0.2) is 0 Å². The lowest BCUT2D eigenvalue weighted by Crippen LogP contribution is -2.47. The molecule has 0 bridgehead atoms. The van der Waals surface area contributed by atoms with Crippen LogP contribution in [0.25, 0.3) is 0 Å². The Labute approximate surface area is 94.4 Å². The topological polar surface area (TPSA) is 66.8 Å². The molecule has 5 heteroatoms. The standard InChI is InChI=1S/C11H17NO4/c1-11(5-3-6-11)16-10(15)12-7-2-4-8(12)9(13)14/h8H,2-7H2,1H3,(H,13,14)/t8-/m0/s1. The van der Waals surface area contributed by atoms with Crippen LogP contribution in [0, 0.1) is 0 Å². The number of ether oxygens (including phenoxy) is 1. The molecule has 5 nitrogen and oxygen atoms in total. The number of carboxylic acid groups (broad SMARTS) is 1. The Kier molecular flexibility index (Phi) is 2.78. The average Bonchev–Trinajstić information content (AvgIpc) is 2.63. The summed E-state index contributed by atoms with van der Waals surface area (Å²) in [5.74, 6) is -0.937. The Balaban J connectivity index is 1.95. The zero-order chi connectivity index (χ0) is 11.8. The van der Waals surface area contributed by atoms with Crippen molar-refractivity contribution in [1.29, 1.82) is 0 Å². The first-order valence-electron chi connectivity index (χ1n) is 5.74. The third kappa shape index (κ3) is 1.99. The summed E-state index contributed by atoms with van der Waals surface area (Å²) in [7, 11) is 0. The lowest BCUT2D eigenvalue weighted by atomic mass is 9.82. The van der Waals surface area contributed by atoms with Gasteiger partial charge in [-0.2, -0.15) is 0 Å². The van der Waals surface area contributed by atoms with Crippen molar-refractivity contribution in [3.05, 3.63) is 0 Å². The highest BCUT2D eigenvalue weighted by Gasteiger charge is 2.41. The molecule has 1 atom stereocenters. The van der Waals surface area contributed by atoms with Gasteiger partial charge < -0.3 is 9.84 Å². The van der Waals surface area contributed by atoms with Gasteiger partial charge >= 0.3 is 12.1 Å². The molecule has 0 aromatic carbocycles. The van der Waals surface area contributed by atoms with Gasteiger partial charge in [-0.25, -0.2) is 9.59 Å². The van der Waals surface area contributed by atoms with Crippen molar-refractivity contribution in [1.82, 2.24) is 4.90 Å². The molecule has 1 aliphatic heterocycles. The molecule has 1 aliphatic carbocycles. The highest BCUT2D eigenvalue weighted by Crippen LogP contribution is 2.36. The summed E-state index contributed by atoms with van der Waals surface area (Å²) in [6.07, 6.45) is 3.64. The maximum atomic E-state index is 11.8. The lowest BCUT2D eigenvalue weighted by Gasteiger charge is -2.39. The summed E-state index contributed by atoms with van der Waals surface area (Å²) in [6, 6.07) is -0.698. The lowest BCUT2D eigenvalue weighted by molar-refractivity contribution is -0.142. The van der Waals surface area contributed by atoms with E-state index in [-0.39, 0.29) is 5.60 Å². The number of carbonyl (C=O) groups excluding carboxylic acids is 1. The second-order valence-electron chi connectivity index (χ2n) is 4.86. The normalized spacial score (nSPS) is 27.3. The zero-order valence-electron chi connectivity index (χ0n) is 9.44. The van der Waals surface area contributed by atoms with Crippen molar-refractivity contribution in [2.24, 2.45) is 0 Å². The molecular weight excluding hydrogens is 210 g/mol. The highest BCUT2D eigenvalue weighted by molar-refractivity contribution is 5.80. The number of nitrogens with zero attached hydrogens (tertiary/aromatic N) is 1. The number of amides is 1. The summed E-state index contributed by atoms with van der Waals surface area (Å²) in [5.41, 5.74) is -0.358. The number of carboxylic acids is 1. The van der Waals surface area contributed by atoms with Gasteiger partial charge in [-0.15, -0.1) is 0 Å². The SMILES string of the molecule is CC1(OC(=O)N2CCC[C@H]2C(=O)O)CCC1. The third-order valence-corrected chi connectivity index (χ3v) is 3.52. The molecule has 90 valence electrons. The molecule has 0 unspecified atom stereocenters. The van der Waals surface area contributed by atoms with E-state index in [1.807, 2.05) is 6.92 Å². The predicted molar refractivity (Wildman–Crippen MR) is 56.1 cm³/mol. The molecule has 2 fully saturated rings. The summed E-state index contributed by atoms with van der Waals surface area (Å²) in [5, 5.41) is 8.95. The average molecular weight is 227 g/mol. The van der Waals surface area contributed by atoms with Crippen LogP contribution in [0.2, 0.25) is 0 Å². The van der Waals surface area contributed by atoms with Gasteiger partial charge in [0.1, 0.15) is 11.6 Å². The number of hydrogen-bond donors (Lipinski definition) is 1. The minimum Gasteiger partial charge on any atom is -0.480 e. The molecule has 1 saturated heterocycles. The largest absolute Gasteiger partial charge is 0.480 e. The molecule has 0 radical (unpaired) electrons. The van der Waals surface area contributed by atoms with E-state index < -0.39 is 18.1 Å². The quantitative estimate of drug-likeness (QED) is 0.778. The second kappa shape index (κ2) is 3.96. The molecule has 16 heavy (non-hydrogen) atoms. The van der Waals surface area contributed by atoms with E-state index in [0.29, 0.717) is 13.0 Å².